The molecule has 2 unspecified atom stereocenters. The number of nitrogens with zero attached hydrogens (tertiary/aromatic N) is 1. The summed E-state index contributed by atoms with van der Waals surface area (Å²) in [6, 6.07) is 0. The van der Waals surface area contributed by atoms with Crippen molar-refractivity contribution in [1.82, 2.24) is 4.90 Å². The van der Waals surface area contributed by atoms with Crippen LogP contribution in [-0.2, 0) is 9.53 Å². The van der Waals surface area contributed by atoms with Crippen LogP contribution in [0.4, 0.5) is 0 Å². The Morgan fingerprint density at radius 2 is 2.22 bits per heavy atom. The molecular formula is C14H25NO3. The quantitative estimate of drug-likeness (QED) is 0.836. The van der Waals surface area contributed by atoms with Gasteiger partial charge in [0.2, 0.25) is 0 Å². The van der Waals surface area contributed by atoms with Gasteiger partial charge < -0.3 is 14.7 Å². The first-order chi connectivity index (χ1) is 8.33. The van der Waals surface area contributed by atoms with Crippen LogP contribution in [0.5, 0.6) is 0 Å². The summed E-state index contributed by atoms with van der Waals surface area (Å²) in [6.07, 6.45) is 1.83. The average Bonchev–Trinajstić information content (AvgIpc) is 2.86. The first-order valence-corrected chi connectivity index (χ1v) is 6.87. The Balaban J connectivity index is 1.96. The van der Waals surface area contributed by atoms with E-state index in [0.29, 0.717) is 37.5 Å². The van der Waals surface area contributed by atoms with E-state index in [1.807, 2.05) is 0 Å². The highest BCUT2D eigenvalue weighted by atomic mass is 16.5. The highest BCUT2D eigenvalue weighted by molar-refractivity contribution is 5.75. The zero-order valence-corrected chi connectivity index (χ0v) is 11.7. The van der Waals surface area contributed by atoms with Crippen molar-refractivity contribution in [2.24, 2.45) is 16.7 Å². The summed E-state index contributed by atoms with van der Waals surface area (Å²) in [4.78, 5) is 13.8. The molecule has 0 spiro atoms. The zero-order valence-electron chi connectivity index (χ0n) is 11.7. The third kappa shape index (κ3) is 2.69. The summed E-state index contributed by atoms with van der Waals surface area (Å²) in [5, 5.41) is 9.44. The van der Waals surface area contributed by atoms with Gasteiger partial charge in [0, 0.05) is 19.7 Å². The van der Waals surface area contributed by atoms with Crippen LogP contribution in [0.3, 0.4) is 0 Å². The van der Waals surface area contributed by atoms with Crippen LogP contribution >= 0.6 is 0 Å². The summed E-state index contributed by atoms with van der Waals surface area (Å²) < 4.78 is 5.32. The number of hydrogen-bond donors (Lipinski definition) is 1. The molecule has 0 aromatic carbocycles. The number of hydrogen-bond acceptors (Lipinski definition) is 3. The molecule has 0 radical (unpaired) electrons. The molecule has 0 aliphatic carbocycles. The minimum Gasteiger partial charge on any atom is -0.481 e. The van der Waals surface area contributed by atoms with Gasteiger partial charge in [0.05, 0.1) is 6.61 Å². The lowest BCUT2D eigenvalue weighted by Crippen LogP contribution is -2.43. The molecule has 0 amide bonds. The molecular weight excluding hydrogens is 230 g/mol. The fraction of sp³-hybridized carbons (Fsp3) is 0.929. The van der Waals surface area contributed by atoms with Gasteiger partial charge in [-0.25, -0.2) is 0 Å². The van der Waals surface area contributed by atoms with Crippen molar-refractivity contribution in [2.75, 3.05) is 32.8 Å². The Morgan fingerprint density at radius 1 is 1.50 bits per heavy atom. The predicted molar refractivity (Wildman–Crippen MR) is 69.5 cm³/mol. The molecule has 2 heterocycles. The Morgan fingerprint density at radius 3 is 2.67 bits per heavy atom. The molecule has 0 saturated carbocycles. The van der Waals surface area contributed by atoms with Gasteiger partial charge in [-0.05, 0) is 30.7 Å². The van der Waals surface area contributed by atoms with Crippen molar-refractivity contribution in [3.63, 3.8) is 0 Å². The van der Waals surface area contributed by atoms with Gasteiger partial charge >= 0.3 is 5.97 Å². The van der Waals surface area contributed by atoms with Crippen LogP contribution in [-0.4, -0.2) is 48.8 Å². The number of carboxylic acids is 1. The monoisotopic (exact) mass is 255 g/mol. The van der Waals surface area contributed by atoms with Crippen LogP contribution in [0.1, 0.15) is 33.6 Å². The molecule has 2 rings (SSSR count). The Kier molecular flexibility index (Phi) is 3.70. The zero-order chi connectivity index (χ0) is 13.4. The fourth-order valence-electron chi connectivity index (χ4n) is 3.08. The van der Waals surface area contributed by atoms with Gasteiger partial charge in [-0.3, -0.25) is 4.79 Å². The lowest BCUT2D eigenvalue weighted by atomic mass is 9.80. The maximum absolute atomic E-state index is 11.5. The van der Waals surface area contributed by atoms with E-state index in [-0.39, 0.29) is 0 Å². The van der Waals surface area contributed by atoms with Gasteiger partial charge in [0.15, 0.2) is 0 Å². The summed E-state index contributed by atoms with van der Waals surface area (Å²) >= 11 is 0. The van der Waals surface area contributed by atoms with Crippen LogP contribution in [0.15, 0.2) is 0 Å². The summed E-state index contributed by atoms with van der Waals surface area (Å²) in [5.41, 5.74) is -0.343. The molecule has 2 fully saturated rings. The molecule has 2 saturated heterocycles. The number of likely N-dealkylation sites (tertiary alicyclic amines) is 1. The Hall–Kier alpha value is -0.610. The first kappa shape index (κ1) is 13.8. The minimum absolute atomic E-state index is 0.317. The molecule has 0 aromatic rings. The predicted octanol–water partition coefficient (Wildman–Crippen LogP) is 1.85. The molecule has 4 heteroatoms. The number of ether oxygens (including phenoxy) is 1. The molecule has 2 atom stereocenters. The average molecular weight is 255 g/mol. The lowest BCUT2D eigenvalue weighted by molar-refractivity contribution is -0.150. The van der Waals surface area contributed by atoms with Crippen molar-refractivity contribution >= 4 is 5.97 Å². The maximum Gasteiger partial charge on any atom is 0.313 e. The van der Waals surface area contributed by atoms with E-state index in [9.17, 15) is 9.90 Å². The Labute approximate surface area is 109 Å². The molecule has 2 aliphatic heterocycles. The Bertz CT molecular complexity index is 315. The van der Waals surface area contributed by atoms with Crippen LogP contribution in [0.2, 0.25) is 0 Å². The van der Waals surface area contributed by atoms with Crippen LogP contribution in [0.25, 0.3) is 0 Å². The second-order valence-electron chi connectivity index (χ2n) is 6.97. The van der Waals surface area contributed by atoms with E-state index >= 15 is 0 Å². The van der Waals surface area contributed by atoms with Crippen molar-refractivity contribution < 1.29 is 14.6 Å². The van der Waals surface area contributed by atoms with E-state index in [1.165, 1.54) is 6.42 Å². The van der Waals surface area contributed by atoms with E-state index in [1.54, 1.807) is 0 Å². The molecule has 0 bridgehead atoms. The van der Waals surface area contributed by atoms with Gasteiger partial charge in [0.1, 0.15) is 5.41 Å². The van der Waals surface area contributed by atoms with Crippen molar-refractivity contribution in [3.8, 4) is 0 Å². The third-order valence-electron chi connectivity index (χ3n) is 4.58. The second kappa shape index (κ2) is 4.82. The summed E-state index contributed by atoms with van der Waals surface area (Å²) in [5.74, 6) is -0.0233. The van der Waals surface area contributed by atoms with Crippen molar-refractivity contribution in [2.45, 2.75) is 33.6 Å². The topological polar surface area (TPSA) is 49.8 Å². The van der Waals surface area contributed by atoms with E-state index in [0.717, 1.165) is 13.1 Å². The summed E-state index contributed by atoms with van der Waals surface area (Å²) in [7, 11) is 0. The van der Waals surface area contributed by atoms with Crippen molar-refractivity contribution in [3.05, 3.63) is 0 Å². The van der Waals surface area contributed by atoms with E-state index < -0.39 is 11.4 Å². The van der Waals surface area contributed by atoms with E-state index in [4.69, 9.17) is 4.74 Å². The molecule has 104 valence electrons. The standard InChI is InChI=1S/C14H25NO3/c1-13(2,3)11-4-6-15(8-11)9-14(12(16)17)5-7-18-10-14/h11H,4-10H2,1-3H3,(H,16,17). The highest BCUT2D eigenvalue weighted by Crippen LogP contribution is 2.37. The molecule has 4 nitrogen and oxygen atoms in total. The largest absolute Gasteiger partial charge is 0.481 e. The van der Waals surface area contributed by atoms with E-state index in [2.05, 4.69) is 25.7 Å². The number of aliphatic carboxylic acids is 1. The molecule has 0 aromatic heterocycles. The van der Waals surface area contributed by atoms with Crippen LogP contribution < -0.4 is 0 Å². The highest BCUT2D eigenvalue weighted by Gasteiger charge is 2.45. The number of carboxylic acid groups (broad SMARTS) is 1. The molecule has 2 aliphatic rings. The van der Waals surface area contributed by atoms with Gasteiger partial charge in [-0.15, -0.1) is 0 Å². The van der Waals surface area contributed by atoms with Gasteiger partial charge in [-0.1, -0.05) is 20.8 Å². The number of rotatable bonds is 3. The normalized spacial score (nSPS) is 34.1. The number of carbonyl (C=O) groups is 1. The van der Waals surface area contributed by atoms with Crippen molar-refractivity contribution in [1.29, 1.82) is 0 Å². The van der Waals surface area contributed by atoms with Gasteiger partial charge in [-0.2, -0.15) is 0 Å². The SMILES string of the molecule is CC(C)(C)C1CCN(CC2(C(=O)O)CCOC2)C1. The smallest absolute Gasteiger partial charge is 0.313 e. The fourth-order valence-corrected chi connectivity index (χ4v) is 3.08. The summed E-state index contributed by atoms with van der Waals surface area (Å²) in [6.45, 7) is 10.5. The van der Waals surface area contributed by atoms with Crippen LogP contribution in [0, 0.1) is 16.7 Å². The maximum atomic E-state index is 11.5. The minimum atomic E-state index is -0.695. The molecule has 18 heavy (non-hydrogen) atoms. The first-order valence-electron chi connectivity index (χ1n) is 6.87. The molecule has 1 N–H and O–H groups in total. The third-order valence-corrected chi connectivity index (χ3v) is 4.58. The second-order valence-corrected chi connectivity index (χ2v) is 6.97. The van der Waals surface area contributed by atoms with Gasteiger partial charge in [0.25, 0.3) is 0 Å². The lowest BCUT2D eigenvalue weighted by Gasteiger charge is -2.30.